The van der Waals surface area contributed by atoms with Gasteiger partial charge in [0.25, 0.3) is 0 Å². The van der Waals surface area contributed by atoms with Crippen molar-refractivity contribution in [1.29, 1.82) is 0 Å². The van der Waals surface area contributed by atoms with E-state index in [9.17, 15) is 17.6 Å². The van der Waals surface area contributed by atoms with E-state index in [2.05, 4.69) is 0 Å². The van der Waals surface area contributed by atoms with E-state index in [1.54, 1.807) is 30.3 Å². The molecule has 9 heteroatoms. The molecule has 0 saturated carbocycles. The summed E-state index contributed by atoms with van der Waals surface area (Å²) in [4.78, 5) is 14.3. The van der Waals surface area contributed by atoms with Gasteiger partial charge in [-0.1, -0.05) is 41.9 Å². The molecule has 2 aromatic rings. The van der Waals surface area contributed by atoms with E-state index in [4.69, 9.17) is 16.3 Å². The quantitative estimate of drug-likeness (QED) is 0.646. The Kier molecular flexibility index (Phi) is 6.89. The number of carbonyl (C=O) groups excluding carboxylic acids is 1. The molecular weight excluding hydrogens is 419 g/mol. The van der Waals surface area contributed by atoms with Crippen molar-refractivity contribution in [1.82, 2.24) is 9.21 Å². The van der Waals surface area contributed by atoms with Gasteiger partial charge in [0.2, 0.25) is 10.0 Å². The van der Waals surface area contributed by atoms with Crippen LogP contribution in [0.5, 0.6) is 0 Å². The lowest BCUT2D eigenvalue weighted by Gasteiger charge is -2.37. The highest BCUT2D eigenvalue weighted by molar-refractivity contribution is 7.88. The van der Waals surface area contributed by atoms with Crippen molar-refractivity contribution in [2.75, 3.05) is 33.3 Å². The Morgan fingerprint density at radius 1 is 1.14 bits per heavy atom. The minimum atomic E-state index is -3.60. The van der Waals surface area contributed by atoms with Crippen LogP contribution < -0.4 is 0 Å². The molecule has 0 aliphatic carbocycles. The molecular formula is C20H22ClFN2O4S. The zero-order valence-corrected chi connectivity index (χ0v) is 17.5. The topological polar surface area (TPSA) is 66.9 Å². The van der Waals surface area contributed by atoms with Gasteiger partial charge in [0.1, 0.15) is 11.9 Å². The molecule has 156 valence electrons. The summed E-state index contributed by atoms with van der Waals surface area (Å²) in [5, 5.41) is 0.448. The van der Waals surface area contributed by atoms with Crippen LogP contribution >= 0.6 is 11.6 Å². The minimum Gasteiger partial charge on any atom is -0.468 e. The Morgan fingerprint density at radius 2 is 1.83 bits per heavy atom. The maximum absolute atomic E-state index is 13.4. The maximum Gasteiger partial charge on any atom is 0.327 e. The van der Waals surface area contributed by atoms with E-state index < -0.39 is 27.9 Å². The average Bonchev–Trinajstić information content (AvgIpc) is 2.69. The Labute approximate surface area is 174 Å². The number of halogens is 2. The number of nitrogens with zero attached hydrogens (tertiary/aromatic N) is 2. The lowest BCUT2D eigenvalue weighted by molar-refractivity contribution is -0.147. The minimum absolute atomic E-state index is 0.218. The van der Waals surface area contributed by atoms with Gasteiger partial charge in [0.05, 0.1) is 12.9 Å². The average molecular weight is 441 g/mol. The van der Waals surface area contributed by atoms with Crippen LogP contribution in [0.2, 0.25) is 5.02 Å². The highest BCUT2D eigenvalue weighted by atomic mass is 35.5. The molecule has 0 amide bonds. The molecule has 1 heterocycles. The van der Waals surface area contributed by atoms with Crippen LogP contribution in [-0.4, -0.2) is 56.9 Å². The van der Waals surface area contributed by atoms with Gasteiger partial charge in [-0.3, -0.25) is 4.90 Å². The molecule has 0 N–H and O–H groups in total. The zero-order chi connectivity index (χ0) is 21.0. The summed E-state index contributed by atoms with van der Waals surface area (Å²) in [5.41, 5.74) is 1.02. The third-order valence-corrected chi connectivity index (χ3v) is 7.09. The molecule has 1 saturated heterocycles. The predicted octanol–water partition coefficient (Wildman–Crippen LogP) is 2.84. The summed E-state index contributed by atoms with van der Waals surface area (Å²) in [5.74, 6) is -1.19. The number of esters is 1. The Morgan fingerprint density at radius 3 is 2.45 bits per heavy atom. The second kappa shape index (κ2) is 9.21. The second-order valence-corrected chi connectivity index (χ2v) is 9.14. The molecule has 1 fully saturated rings. The largest absolute Gasteiger partial charge is 0.468 e. The van der Waals surface area contributed by atoms with E-state index in [1.165, 1.54) is 29.6 Å². The zero-order valence-electron chi connectivity index (χ0n) is 15.9. The predicted molar refractivity (Wildman–Crippen MR) is 108 cm³/mol. The number of hydrogen-bond donors (Lipinski definition) is 0. The third kappa shape index (κ3) is 5.14. The van der Waals surface area contributed by atoms with E-state index in [-0.39, 0.29) is 18.8 Å². The van der Waals surface area contributed by atoms with Crippen molar-refractivity contribution in [3.63, 3.8) is 0 Å². The first kappa shape index (κ1) is 21.7. The monoisotopic (exact) mass is 440 g/mol. The summed E-state index contributed by atoms with van der Waals surface area (Å²) in [6.07, 6.45) is 0. The number of ether oxygens (including phenoxy) is 1. The van der Waals surface area contributed by atoms with Gasteiger partial charge in [-0.25, -0.2) is 17.6 Å². The molecule has 2 aromatic carbocycles. The number of methoxy groups -OCH3 is 1. The first-order valence-corrected chi connectivity index (χ1v) is 11.1. The lowest BCUT2D eigenvalue weighted by atomic mass is 10.0. The van der Waals surface area contributed by atoms with Gasteiger partial charge in [0, 0.05) is 31.2 Å². The number of rotatable bonds is 6. The van der Waals surface area contributed by atoms with E-state index in [0.29, 0.717) is 29.2 Å². The molecule has 3 rings (SSSR count). The second-order valence-electron chi connectivity index (χ2n) is 6.77. The van der Waals surface area contributed by atoms with Crippen molar-refractivity contribution in [2.24, 2.45) is 0 Å². The summed E-state index contributed by atoms with van der Waals surface area (Å²) in [6, 6.07) is 11.9. The molecule has 1 aliphatic heterocycles. The van der Waals surface area contributed by atoms with Crippen molar-refractivity contribution in [3.8, 4) is 0 Å². The molecule has 6 nitrogen and oxygen atoms in total. The number of piperazine rings is 1. The Balaban J connectivity index is 1.72. The van der Waals surface area contributed by atoms with Crippen molar-refractivity contribution in [3.05, 3.63) is 70.5 Å². The maximum atomic E-state index is 13.4. The highest BCUT2D eigenvalue weighted by Gasteiger charge is 2.35. The van der Waals surface area contributed by atoms with Crippen LogP contribution in [-0.2, 0) is 25.3 Å². The summed E-state index contributed by atoms with van der Waals surface area (Å²) in [6.45, 7) is 1.12. The van der Waals surface area contributed by atoms with E-state index in [1.807, 2.05) is 4.90 Å². The SMILES string of the molecule is COC(=O)C(c1ccccc1Cl)N1CCN(S(=O)(=O)Cc2cccc(F)c2)CC1. The fraction of sp³-hybridized carbons (Fsp3) is 0.350. The number of carbonyl (C=O) groups is 1. The van der Waals surface area contributed by atoms with Crippen molar-refractivity contribution < 1.29 is 22.3 Å². The molecule has 0 aromatic heterocycles. The molecule has 0 spiro atoms. The van der Waals surface area contributed by atoms with Crippen LogP contribution in [0.3, 0.4) is 0 Å². The van der Waals surface area contributed by atoms with Crippen LogP contribution in [0, 0.1) is 5.82 Å². The molecule has 0 radical (unpaired) electrons. The van der Waals surface area contributed by atoms with E-state index >= 15 is 0 Å². The summed E-state index contributed by atoms with van der Waals surface area (Å²) in [7, 11) is -2.29. The molecule has 1 atom stereocenters. The first-order valence-electron chi connectivity index (χ1n) is 9.10. The normalized spacial score (nSPS) is 17.1. The Hall–Kier alpha value is -2.00. The number of hydrogen-bond acceptors (Lipinski definition) is 5. The fourth-order valence-electron chi connectivity index (χ4n) is 3.45. The van der Waals surface area contributed by atoms with Gasteiger partial charge in [-0.15, -0.1) is 0 Å². The van der Waals surface area contributed by atoms with Crippen LogP contribution in [0.25, 0.3) is 0 Å². The van der Waals surface area contributed by atoms with Crippen molar-refractivity contribution in [2.45, 2.75) is 11.8 Å². The third-order valence-electron chi connectivity index (χ3n) is 4.89. The standard InChI is InChI=1S/C20H22ClFN2O4S/c1-28-20(25)19(17-7-2-3-8-18(17)21)23-9-11-24(12-10-23)29(26,27)14-15-5-4-6-16(22)13-15/h2-8,13,19H,9-12,14H2,1H3. The summed E-state index contributed by atoms with van der Waals surface area (Å²) >= 11 is 6.27. The smallest absolute Gasteiger partial charge is 0.327 e. The molecule has 29 heavy (non-hydrogen) atoms. The summed E-state index contributed by atoms with van der Waals surface area (Å²) < 4.78 is 45.1. The van der Waals surface area contributed by atoms with Crippen LogP contribution in [0.4, 0.5) is 4.39 Å². The molecule has 1 unspecified atom stereocenters. The fourth-order valence-corrected chi connectivity index (χ4v) is 5.19. The number of sulfonamides is 1. The van der Waals surface area contributed by atoms with Gasteiger partial charge in [0.15, 0.2) is 0 Å². The van der Waals surface area contributed by atoms with Crippen LogP contribution in [0.1, 0.15) is 17.2 Å². The Bertz CT molecular complexity index is 978. The highest BCUT2D eigenvalue weighted by Crippen LogP contribution is 2.30. The first-order chi connectivity index (χ1) is 13.8. The molecule has 0 bridgehead atoms. The van der Waals surface area contributed by atoms with E-state index in [0.717, 1.165) is 0 Å². The van der Waals surface area contributed by atoms with Gasteiger partial charge >= 0.3 is 5.97 Å². The van der Waals surface area contributed by atoms with Gasteiger partial charge in [-0.2, -0.15) is 4.31 Å². The van der Waals surface area contributed by atoms with Crippen LogP contribution in [0.15, 0.2) is 48.5 Å². The lowest BCUT2D eigenvalue weighted by Crippen LogP contribution is -2.51. The van der Waals surface area contributed by atoms with Gasteiger partial charge in [-0.05, 0) is 29.3 Å². The van der Waals surface area contributed by atoms with Crippen molar-refractivity contribution >= 4 is 27.6 Å². The number of benzene rings is 2. The molecule has 1 aliphatic rings. The van der Waals surface area contributed by atoms with Gasteiger partial charge < -0.3 is 4.74 Å².